The van der Waals surface area contributed by atoms with Gasteiger partial charge >= 0.3 is 0 Å². The van der Waals surface area contributed by atoms with E-state index in [0.717, 1.165) is 6.07 Å². The van der Waals surface area contributed by atoms with Crippen LogP contribution in [0.1, 0.15) is 31.1 Å². The molecule has 1 heterocycles. The van der Waals surface area contributed by atoms with Crippen molar-refractivity contribution in [3.8, 4) is 0 Å². The largest absolute Gasteiger partial charge is 0.387 e. The molecule has 1 N–H and O–H groups in total. The molecule has 0 aromatic heterocycles. The summed E-state index contributed by atoms with van der Waals surface area (Å²) in [6.07, 6.45) is -0.883. The molecule has 1 nitrogen and oxygen atoms in total. The molecule has 1 aromatic rings. The van der Waals surface area contributed by atoms with E-state index in [1.807, 2.05) is 13.8 Å². The van der Waals surface area contributed by atoms with E-state index in [-0.39, 0.29) is 5.56 Å². The molecule has 0 spiro atoms. The number of rotatable bonds is 0. The summed E-state index contributed by atoms with van der Waals surface area (Å²) in [7, 11) is 0. The van der Waals surface area contributed by atoms with Crippen LogP contribution in [0.4, 0.5) is 8.78 Å². The van der Waals surface area contributed by atoms with Crippen LogP contribution in [0.15, 0.2) is 12.1 Å². The minimum Gasteiger partial charge on any atom is -0.387 e. The summed E-state index contributed by atoms with van der Waals surface area (Å²) in [5.74, 6) is -0.696. The Kier molecular flexibility index (Phi) is 2.51. The number of halogens is 2. The summed E-state index contributed by atoms with van der Waals surface area (Å²) in [6.45, 7) is 3.71. The Balaban J connectivity index is 2.57. The highest BCUT2D eigenvalue weighted by Crippen LogP contribution is 2.46. The highest BCUT2D eigenvalue weighted by atomic mass is 32.2. The first-order valence-corrected chi connectivity index (χ1v) is 5.70. The molecule has 1 aliphatic rings. The molecular weight excluding hydrogens is 218 g/mol. The van der Waals surface area contributed by atoms with E-state index >= 15 is 0 Å². The first kappa shape index (κ1) is 10.9. The van der Waals surface area contributed by atoms with Crippen molar-refractivity contribution < 1.29 is 13.9 Å². The van der Waals surface area contributed by atoms with Crippen molar-refractivity contribution in [2.45, 2.75) is 30.5 Å². The number of thioether (sulfide) groups is 1. The molecule has 4 heteroatoms. The third-order valence-corrected chi connectivity index (χ3v) is 4.13. The number of benzene rings is 1. The average molecular weight is 230 g/mol. The predicted octanol–water partition coefficient (Wildman–Crippen LogP) is 3.02. The molecule has 1 unspecified atom stereocenters. The molecule has 1 atom stereocenters. The number of aliphatic hydroxyl groups is 1. The maximum absolute atomic E-state index is 13.5. The monoisotopic (exact) mass is 230 g/mol. The molecule has 0 amide bonds. The van der Waals surface area contributed by atoms with Crippen molar-refractivity contribution >= 4 is 11.8 Å². The molecule has 15 heavy (non-hydrogen) atoms. The van der Waals surface area contributed by atoms with Crippen molar-refractivity contribution in [1.82, 2.24) is 0 Å². The van der Waals surface area contributed by atoms with Gasteiger partial charge in [-0.2, -0.15) is 0 Å². The lowest BCUT2D eigenvalue weighted by Gasteiger charge is -2.36. The Labute approximate surface area is 91.5 Å². The summed E-state index contributed by atoms with van der Waals surface area (Å²) in [5.41, 5.74) is 0.810. The van der Waals surface area contributed by atoms with Gasteiger partial charge in [-0.15, -0.1) is 11.8 Å². The van der Waals surface area contributed by atoms with Crippen LogP contribution in [-0.4, -0.2) is 9.85 Å². The first-order valence-electron chi connectivity index (χ1n) is 4.71. The van der Waals surface area contributed by atoms with Gasteiger partial charge in [-0.25, -0.2) is 8.78 Å². The Morgan fingerprint density at radius 1 is 1.40 bits per heavy atom. The van der Waals surface area contributed by atoms with Crippen molar-refractivity contribution in [3.63, 3.8) is 0 Å². The van der Waals surface area contributed by atoms with Gasteiger partial charge in [0.25, 0.3) is 0 Å². The predicted molar refractivity (Wildman–Crippen MR) is 56.7 cm³/mol. The first-order chi connectivity index (χ1) is 6.92. The van der Waals surface area contributed by atoms with E-state index in [0.29, 0.717) is 11.3 Å². The highest BCUT2D eigenvalue weighted by Gasteiger charge is 2.37. The maximum Gasteiger partial charge on any atom is 0.132 e. The molecule has 0 aliphatic carbocycles. The minimum atomic E-state index is -0.883. The molecule has 82 valence electrons. The SMILES string of the molecule is CC1(C)SCc2cc(F)cc(F)c2C1O. The molecular formula is C11H12F2OS. The Hall–Kier alpha value is -0.610. The van der Waals surface area contributed by atoms with Crippen LogP contribution in [0.2, 0.25) is 0 Å². The van der Waals surface area contributed by atoms with E-state index in [1.54, 1.807) is 0 Å². The number of hydrogen-bond donors (Lipinski definition) is 1. The van der Waals surface area contributed by atoms with Crippen LogP contribution in [0.3, 0.4) is 0 Å². The molecule has 0 saturated carbocycles. The van der Waals surface area contributed by atoms with Crippen LogP contribution < -0.4 is 0 Å². The van der Waals surface area contributed by atoms with Crippen LogP contribution in [0.5, 0.6) is 0 Å². The number of aliphatic hydroxyl groups excluding tert-OH is 1. The smallest absolute Gasteiger partial charge is 0.132 e. The Bertz CT molecular complexity index is 404. The van der Waals surface area contributed by atoms with Crippen molar-refractivity contribution in [2.75, 3.05) is 0 Å². The normalized spacial score (nSPS) is 23.7. The van der Waals surface area contributed by atoms with Gasteiger partial charge in [-0.3, -0.25) is 0 Å². The van der Waals surface area contributed by atoms with Gasteiger partial charge in [-0.05, 0) is 25.5 Å². The molecule has 0 fully saturated rings. The molecule has 0 saturated heterocycles. The van der Waals surface area contributed by atoms with E-state index in [1.165, 1.54) is 17.8 Å². The zero-order valence-electron chi connectivity index (χ0n) is 8.55. The highest BCUT2D eigenvalue weighted by molar-refractivity contribution is 7.99. The number of hydrogen-bond acceptors (Lipinski definition) is 2. The third kappa shape index (κ3) is 1.76. The van der Waals surface area contributed by atoms with Gasteiger partial charge in [0.2, 0.25) is 0 Å². The second-order valence-electron chi connectivity index (χ2n) is 4.26. The average Bonchev–Trinajstić information content (AvgIpc) is 2.11. The van der Waals surface area contributed by atoms with Gasteiger partial charge in [0.05, 0.1) is 6.10 Å². The topological polar surface area (TPSA) is 20.2 Å². The fraction of sp³-hybridized carbons (Fsp3) is 0.455. The van der Waals surface area contributed by atoms with Gasteiger partial charge < -0.3 is 5.11 Å². The molecule has 1 aliphatic heterocycles. The Morgan fingerprint density at radius 2 is 2.07 bits per heavy atom. The van der Waals surface area contributed by atoms with Crippen LogP contribution in [-0.2, 0) is 5.75 Å². The van der Waals surface area contributed by atoms with Crippen molar-refractivity contribution in [1.29, 1.82) is 0 Å². The van der Waals surface area contributed by atoms with Gasteiger partial charge in [0.1, 0.15) is 11.6 Å². The second kappa shape index (κ2) is 3.46. The zero-order chi connectivity index (χ0) is 11.2. The quantitative estimate of drug-likeness (QED) is 0.739. The molecule has 0 bridgehead atoms. The van der Waals surface area contributed by atoms with Crippen LogP contribution in [0, 0.1) is 11.6 Å². The fourth-order valence-electron chi connectivity index (χ4n) is 1.75. The molecule has 0 radical (unpaired) electrons. The van der Waals surface area contributed by atoms with Gasteiger partial charge in [0.15, 0.2) is 0 Å². The number of fused-ring (bicyclic) bond motifs is 1. The van der Waals surface area contributed by atoms with Crippen LogP contribution in [0.25, 0.3) is 0 Å². The minimum absolute atomic E-state index is 0.250. The van der Waals surface area contributed by atoms with Gasteiger partial charge in [0, 0.05) is 22.1 Å². The van der Waals surface area contributed by atoms with E-state index in [9.17, 15) is 13.9 Å². The second-order valence-corrected chi connectivity index (χ2v) is 5.88. The van der Waals surface area contributed by atoms with Crippen LogP contribution >= 0.6 is 11.8 Å². The third-order valence-electron chi connectivity index (χ3n) is 2.71. The lowest BCUT2D eigenvalue weighted by Crippen LogP contribution is -2.31. The van der Waals surface area contributed by atoms with Crippen molar-refractivity contribution in [2.24, 2.45) is 0 Å². The lowest BCUT2D eigenvalue weighted by molar-refractivity contribution is 0.136. The lowest BCUT2D eigenvalue weighted by atomic mass is 9.93. The summed E-state index contributed by atoms with van der Waals surface area (Å²) in [5, 5.41) is 9.98. The van der Waals surface area contributed by atoms with Gasteiger partial charge in [-0.1, -0.05) is 0 Å². The summed E-state index contributed by atoms with van der Waals surface area (Å²) < 4.78 is 26.0. The molecule has 1 aromatic carbocycles. The summed E-state index contributed by atoms with van der Waals surface area (Å²) >= 11 is 1.51. The fourth-order valence-corrected chi connectivity index (χ4v) is 2.80. The Morgan fingerprint density at radius 3 is 2.73 bits per heavy atom. The van der Waals surface area contributed by atoms with E-state index in [4.69, 9.17) is 0 Å². The summed E-state index contributed by atoms with van der Waals surface area (Å²) in [6, 6.07) is 2.12. The van der Waals surface area contributed by atoms with E-state index in [2.05, 4.69) is 0 Å². The molecule has 2 rings (SSSR count). The van der Waals surface area contributed by atoms with E-state index < -0.39 is 22.5 Å². The summed E-state index contributed by atoms with van der Waals surface area (Å²) in [4.78, 5) is 0. The standard InChI is InChI=1S/C11H12F2OS/c1-11(2)10(14)9-6(5-15-11)3-7(12)4-8(9)13/h3-4,10,14H,5H2,1-2H3. The maximum atomic E-state index is 13.5. The van der Waals surface area contributed by atoms with Crippen molar-refractivity contribution in [3.05, 3.63) is 34.9 Å². The zero-order valence-corrected chi connectivity index (χ0v) is 9.37.